The lowest BCUT2D eigenvalue weighted by Crippen LogP contribution is -2.12. The van der Waals surface area contributed by atoms with E-state index in [1.54, 1.807) is 10.6 Å². The van der Waals surface area contributed by atoms with Gasteiger partial charge in [0, 0.05) is 32.7 Å². The minimum absolute atomic E-state index is 0.0311. The Labute approximate surface area is 272 Å². The van der Waals surface area contributed by atoms with Gasteiger partial charge in [-0.2, -0.15) is 23.1 Å². The second-order valence-corrected chi connectivity index (χ2v) is 11.6. The zero-order valence-corrected chi connectivity index (χ0v) is 25.2. The molecule has 0 fully saturated rings. The summed E-state index contributed by atoms with van der Waals surface area (Å²) >= 11 is 0. The van der Waals surface area contributed by atoms with Crippen LogP contribution in [0.4, 0.5) is 13.2 Å². The Morgan fingerprint density at radius 3 is 1.35 bits per heavy atom. The Morgan fingerprint density at radius 2 is 0.854 bits per heavy atom. The molecular formula is C40H24F3N5. The Kier molecular flexibility index (Phi) is 6.20. The van der Waals surface area contributed by atoms with E-state index in [-0.39, 0.29) is 17.1 Å². The van der Waals surface area contributed by atoms with Crippen molar-refractivity contribution in [1.29, 1.82) is 0 Å². The van der Waals surface area contributed by atoms with E-state index >= 15 is 13.2 Å². The Balaban J connectivity index is 1.31. The van der Waals surface area contributed by atoms with Crippen LogP contribution in [0.1, 0.15) is 5.56 Å². The van der Waals surface area contributed by atoms with E-state index < -0.39 is 11.7 Å². The van der Waals surface area contributed by atoms with Crippen LogP contribution in [0.2, 0.25) is 0 Å². The highest BCUT2D eigenvalue weighted by molar-refractivity contribution is 6.10. The molecule has 6 aromatic carbocycles. The van der Waals surface area contributed by atoms with Gasteiger partial charge in [-0.05, 0) is 42.5 Å². The van der Waals surface area contributed by atoms with Gasteiger partial charge in [0.15, 0.2) is 11.6 Å². The van der Waals surface area contributed by atoms with Gasteiger partial charge in [-0.1, -0.05) is 103 Å². The first-order valence-corrected chi connectivity index (χ1v) is 15.5. The molecule has 0 aliphatic carbocycles. The predicted molar refractivity (Wildman–Crippen MR) is 184 cm³/mol. The summed E-state index contributed by atoms with van der Waals surface area (Å²) in [4.78, 5) is 14.5. The third-order valence-corrected chi connectivity index (χ3v) is 8.82. The molecule has 230 valence electrons. The number of hydrogen-bond acceptors (Lipinski definition) is 3. The number of rotatable bonds is 4. The SMILES string of the molecule is FC(F)(F)c1cc(-c2nc(-c3ccccc3)nc(-n3c4ccccc4c4ccccc43)n2)ccc1-n1c2ccccc2c2ccccc21. The Bertz CT molecular complexity index is 2560. The number of aromatic nitrogens is 5. The molecular weight excluding hydrogens is 607 g/mol. The average Bonchev–Trinajstić information content (AvgIpc) is 3.64. The molecule has 0 saturated carbocycles. The van der Waals surface area contributed by atoms with E-state index in [0.29, 0.717) is 22.8 Å². The highest BCUT2D eigenvalue weighted by atomic mass is 19.4. The highest BCUT2D eigenvalue weighted by Crippen LogP contribution is 2.41. The van der Waals surface area contributed by atoms with E-state index in [9.17, 15) is 0 Å². The number of fused-ring (bicyclic) bond motifs is 6. The summed E-state index contributed by atoms with van der Waals surface area (Å²) in [6, 6.07) is 44.7. The minimum Gasteiger partial charge on any atom is -0.309 e. The molecule has 0 aliphatic heterocycles. The van der Waals surface area contributed by atoms with Crippen LogP contribution in [-0.4, -0.2) is 24.1 Å². The molecule has 0 N–H and O–H groups in total. The van der Waals surface area contributed by atoms with Crippen LogP contribution in [-0.2, 0) is 6.18 Å². The number of halogens is 3. The summed E-state index contributed by atoms with van der Waals surface area (Å²) in [6.45, 7) is 0. The fraction of sp³-hybridized carbons (Fsp3) is 0.0250. The van der Waals surface area contributed by atoms with Crippen molar-refractivity contribution < 1.29 is 13.2 Å². The normalized spacial score (nSPS) is 12.1. The van der Waals surface area contributed by atoms with Crippen LogP contribution in [0.25, 0.3) is 78.0 Å². The first kappa shape index (κ1) is 28.0. The first-order chi connectivity index (χ1) is 23.5. The first-order valence-electron chi connectivity index (χ1n) is 15.5. The third-order valence-electron chi connectivity index (χ3n) is 8.82. The summed E-state index contributed by atoms with van der Waals surface area (Å²) in [6.07, 6.45) is -4.66. The third kappa shape index (κ3) is 4.37. The van der Waals surface area contributed by atoms with Crippen LogP contribution >= 0.6 is 0 Å². The second-order valence-electron chi connectivity index (χ2n) is 11.6. The van der Waals surface area contributed by atoms with Gasteiger partial charge in [-0.15, -0.1) is 0 Å². The van der Waals surface area contributed by atoms with Crippen LogP contribution < -0.4 is 0 Å². The zero-order valence-electron chi connectivity index (χ0n) is 25.2. The Morgan fingerprint density at radius 1 is 0.417 bits per heavy atom. The van der Waals surface area contributed by atoms with Crippen molar-refractivity contribution in [3.8, 4) is 34.4 Å². The molecule has 3 heterocycles. The molecule has 8 heteroatoms. The standard InChI is InChI=1S/C40H24F3N5/c41-40(42,43)31-24-26(22-23-36(31)47-32-18-8-4-14-27(32)28-15-5-9-19-33(28)47)38-44-37(25-12-2-1-3-13-25)45-39(46-38)48-34-20-10-6-16-29(34)30-17-7-11-21-35(30)48/h1-24H. The maximum Gasteiger partial charge on any atom is 0.418 e. The van der Waals surface area contributed by atoms with Gasteiger partial charge in [-0.3, -0.25) is 4.57 Å². The molecule has 3 aromatic heterocycles. The van der Waals surface area contributed by atoms with E-state index in [1.165, 1.54) is 6.07 Å². The van der Waals surface area contributed by atoms with Gasteiger partial charge in [0.1, 0.15) is 0 Å². The second kappa shape index (κ2) is 10.6. The van der Waals surface area contributed by atoms with Crippen molar-refractivity contribution in [2.45, 2.75) is 6.18 Å². The zero-order chi connectivity index (χ0) is 32.4. The number of nitrogens with zero attached hydrogens (tertiary/aromatic N) is 5. The van der Waals surface area contributed by atoms with Gasteiger partial charge < -0.3 is 4.57 Å². The van der Waals surface area contributed by atoms with Gasteiger partial charge in [0.25, 0.3) is 0 Å². The maximum absolute atomic E-state index is 15.1. The van der Waals surface area contributed by atoms with Crippen LogP contribution in [0, 0.1) is 0 Å². The van der Waals surface area contributed by atoms with E-state index in [2.05, 4.69) is 0 Å². The number of alkyl halides is 3. The summed E-state index contributed by atoms with van der Waals surface area (Å²) in [5.74, 6) is 0.814. The largest absolute Gasteiger partial charge is 0.418 e. The topological polar surface area (TPSA) is 48.5 Å². The number of hydrogen-bond donors (Lipinski definition) is 0. The van der Waals surface area contributed by atoms with Crippen molar-refractivity contribution in [3.63, 3.8) is 0 Å². The molecule has 0 amide bonds. The van der Waals surface area contributed by atoms with Gasteiger partial charge in [-0.25, -0.2) is 4.98 Å². The molecule has 9 aromatic rings. The van der Waals surface area contributed by atoms with Crippen molar-refractivity contribution >= 4 is 43.6 Å². The fourth-order valence-electron chi connectivity index (χ4n) is 6.73. The lowest BCUT2D eigenvalue weighted by Gasteiger charge is -2.17. The molecule has 0 atom stereocenters. The van der Waals surface area contributed by atoms with E-state index in [0.717, 1.165) is 44.2 Å². The maximum atomic E-state index is 15.1. The molecule has 0 saturated heterocycles. The molecule has 0 spiro atoms. The molecule has 0 radical (unpaired) electrons. The lowest BCUT2D eigenvalue weighted by atomic mass is 10.1. The fourth-order valence-corrected chi connectivity index (χ4v) is 6.73. The van der Waals surface area contributed by atoms with Crippen LogP contribution in [0.5, 0.6) is 0 Å². The van der Waals surface area contributed by atoms with Crippen LogP contribution in [0.15, 0.2) is 146 Å². The lowest BCUT2D eigenvalue weighted by molar-refractivity contribution is -0.137. The molecule has 48 heavy (non-hydrogen) atoms. The van der Waals surface area contributed by atoms with Gasteiger partial charge >= 0.3 is 6.18 Å². The van der Waals surface area contributed by atoms with Crippen molar-refractivity contribution in [1.82, 2.24) is 24.1 Å². The van der Waals surface area contributed by atoms with Gasteiger partial charge in [0.05, 0.1) is 33.3 Å². The summed E-state index contributed by atoms with van der Waals surface area (Å²) < 4.78 is 48.8. The van der Waals surface area contributed by atoms with Crippen molar-refractivity contribution in [2.75, 3.05) is 0 Å². The van der Waals surface area contributed by atoms with E-state index in [4.69, 9.17) is 15.0 Å². The Hall–Kier alpha value is -6.28. The van der Waals surface area contributed by atoms with Crippen molar-refractivity contribution in [3.05, 3.63) is 151 Å². The summed E-state index contributed by atoms with van der Waals surface area (Å²) in [7, 11) is 0. The molecule has 0 aliphatic rings. The number of benzene rings is 6. The summed E-state index contributed by atoms with van der Waals surface area (Å²) in [5.41, 5.74) is 3.35. The minimum atomic E-state index is -4.66. The van der Waals surface area contributed by atoms with Crippen LogP contribution in [0.3, 0.4) is 0 Å². The summed E-state index contributed by atoms with van der Waals surface area (Å²) in [5, 5.41) is 3.80. The van der Waals surface area contributed by atoms with E-state index in [1.807, 2.05) is 132 Å². The van der Waals surface area contributed by atoms with Crippen molar-refractivity contribution in [2.24, 2.45) is 0 Å². The molecule has 5 nitrogen and oxygen atoms in total. The molecule has 9 rings (SSSR count). The molecule has 0 unspecified atom stereocenters. The molecule has 0 bridgehead atoms. The predicted octanol–water partition coefficient (Wildman–Crippen LogP) is 10.4. The highest BCUT2D eigenvalue weighted by Gasteiger charge is 2.35. The monoisotopic (exact) mass is 631 g/mol. The van der Waals surface area contributed by atoms with Gasteiger partial charge in [0.2, 0.25) is 5.95 Å². The quantitative estimate of drug-likeness (QED) is 0.194. The average molecular weight is 632 g/mol. The smallest absolute Gasteiger partial charge is 0.309 e. The number of para-hydroxylation sites is 4.